The summed E-state index contributed by atoms with van der Waals surface area (Å²) in [5, 5.41) is -0.292. The van der Waals surface area contributed by atoms with Crippen LogP contribution in [-0.2, 0) is 6.18 Å². The van der Waals surface area contributed by atoms with Crippen molar-refractivity contribution in [3.63, 3.8) is 0 Å². The SMILES string of the molecule is CC[C@@H](N)c1cccc(C(F)(F)F)c1Cl. The summed E-state index contributed by atoms with van der Waals surface area (Å²) in [5.41, 5.74) is 5.17. The van der Waals surface area contributed by atoms with Gasteiger partial charge in [-0.05, 0) is 18.1 Å². The fourth-order valence-corrected chi connectivity index (χ4v) is 1.65. The Bertz CT molecular complexity index is 349. The van der Waals surface area contributed by atoms with E-state index in [1.165, 1.54) is 12.1 Å². The molecule has 0 bridgehead atoms. The van der Waals surface area contributed by atoms with Gasteiger partial charge in [-0.25, -0.2) is 0 Å². The monoisotopic (exact) mass is 237 g/mol. The molecule has 1 rings (SSSR count). The van der Waals surface area contributed by atoms with Gasteiger partial charge in [-0.2, -0.15) is 13.2 Å². The average molecular weight is 238 g/mol. The van der Waals surface area contributed by atoms with Crippen LogP contribution in [0.3, 0.4) is 0 Å². The third kappa shape index (κ3) is 2.63. The van der Waals surface area contributed by atoms with Crippen molar-refractivity contribution in [1.82, 2.24) is 0 Å². The van der Waals surface area contributed by atoms with Crippen molar-refractivity contribution in [2.45, 2.75) is 25.6 Å². The Morgan fingerprint density at radius 3 is 2.47 bits per heavy atom. The second-order valence-electron chi connectivity index (χ2n) is 3.22. The van der Waals surface area contributed by atoms with E-state index in [-0.39, 0.29) is 5.02 Å². The second-order valence-corrected chi connectivity index (χ2v) is 3.60. The van der Waals surface area contributed by atoms with Crippen molar-refractivity contribution >= 4 is 11.6 Å². The van der Waals surface area contributed by atoms with Crippen molar-refractivity contribution in [2.75, 3.05) is 0 Å². The highest BCUT2D eigenvalue weighted by atomic mass is 35.5. The minimum Gasteiger partial charge on any atom is -0.324 e. The molecule has 0 saturated carbocycles. The minimum absolute atomic E-state index is 0.292. The lowest BCUT2D eigenvalue weighted by Gasteiger charge is -2.15. The Hall–Kier alpha value is -0.740. The van der Waals surface area contributed by atoms with Crippen LogP contribution < -0.4 is 5.73 Å². The topological polar surface area (TPSA) is 26.0 Å². The molecule has 0 radical (unpaired) electrons. The van der Waals surface area contributed by atoms with E-state index in [4.69, 9.17) is 17.3 Å². The smallest absolute Gasteiger partial charge is 0.324 e. The Kier molecular flexibility index (Phi) is 3.62. The standard InChI is InChI=1S/C10H11ClF3N/c1-2-8(15)6-4-3-5-7(9(6)11)10(12,13)14/h3-5,8H,2,15H2,1H3/t8-/m1/s1. The molecule has 0 aromatic heterocycles. The second kappa shape index (κ2) is 4.41. The van der Waals surface area contributed by atoms with Gasteiger partial charge in [0.1, 0.15) is 0 Å². The number of benzene rings is 1. The van der Waals surface area contributed by atoms with Gasteiger partial charge in [0.25, 0.3) is 0 Å². The average Bonchev–Trinajstić information content (AvgIpc) is 2.15. The first-order valence-corrected chi connectivity index (χ1v) is 4.87. The van der Waals surface area contributed by atoms with E-state index < -0.39 is 17.8 Å². The largest absolute Gasteiger partial charge is 0.417 e. The minimum atomic E-state index is -4.43. The molecule has 84 valence electrons. The van der Waals surface area contributed by atoms with Crippen molar-refractivity contribution in [2.24, 2.45) is 5.73 Å². The maximum Gasteiger partial charge on any atom is 0.417 e. The molecule has 0 saturated heterocycles. The molecule has 0 aliphatic heterocycles. The fraction of sp³-hybridized carbons (Fsp3) is 0.400. The quantitative estimate of drug-likeness (QED) is 0.833. The van der Waals surface area contributed by atoms with Crippen molar-refractivity contribution in [1.29, 1.82) is 0 Å². The summed E-state index contributed by atoms with van der Waals surface area (Å²) in [5.74, 6) is 0. The summed E-state index contributed by atoms with van der Waals surface area (Å²) in [6.45, 7) is 1.79. The molecule has 0 heterocycles. The summed E-state index contributed by atoms with van der Waals surface area (Å²) >= 11 is 5.67. The van der Waals surface area contributed by atoms with Crippen molar-refractivity contribution < 1.29 is 13.2 Å². The van der Waals surface area contributed by atoms with Crippen LogP contribution >= 0.6 is 11.6 Å². The molecule has 0 spiro atoms. The number of alkyl halides is 3. The Balaban J connectivity index is 3.23. The first-order valence-electron chi connectivity index (χ1n) is 4.49. The van der Waals surface area contributed by atoms with Crippen LogP contribution in [0.1, 0.15) is 30.5 Å². The summed E-state index contributed by atoms with van der Waals surface area (Å²) in [6.07, 6.45) is -3.89. The van der Waals surface area contributed by atoms with Crippen LogP contribution in [0.4, 0.5) is 13.2 Å². The van der Waals surface area contributed by atoms with E-state index >= 15 is 0 Å². The maximum absolute atomic E-state index is 12.5. The van der Waals surface area contributed by atoms with Crippen molar-refractivity contribution in [3.8, 4) is 0 Å². The zero-order chi connectivity index (χ0) is 11.6. The zero-order valence-electron chi connectivity index (χ0n) is 8.11. The van der Waals surface area contributed by atoms with Gasteiger partial charge < -0.3 is 5.73 Å². The highest BCUT2D eigenvalue weighted by Crippen LogP contribution is 2.37. The molecular weight excluding hydrogens is 227 g/mol. The first kappa shape index (κ1) is 12.3. The predicted molar refractivity (Wildman–Crippen MR) is 53.7 cm³/mol. The van der Waals surface area contributed by atoms with Gasteiger partial charge in [-0.15, -0.1) is 0 Å². The Morgan fingerprint density at radius 2 is 2.00 bits per heavy atom. The molecule has 0 fully saturated rings. The molecule has 0 aliphatic carbocycles. The van der Waals surface area contributed by atoms with E-state index in [1.54, 1.807) is 6.92 Å². The molecule has 5 heteroatoms. The van der Waals surface area contributed by atoms with Gasteiger partial charge in [0.15, 0.2) is 0 Å². The summed E-state index contributed by atoms with van der Waals surface area (Å²) in [4.78, 5) is 0. The number of nitrogens with two attached hydrogens (primary N) is 1. The van der Waals surface area contributed by atoms with Crippen molar-refractivity contribution in [3.05, 3.63) is 34.3 Å². The molecule has 15 heavy (non-hydrogen) atoms. The number of hydrogen-bond acceptors (Lipinski definition) is 1. The molecule has 0 unspecified atom stereocenters. The molecule has 0 aliphatic rings. The molecule has 1 nitrogen and oxygen atoms in total. The Labute approximate surface area is 91.0 Å². The third-order valence-electron chi connectivity index (χ3n) is 2.17. The van der Waals surface area contributed by atoms with Crippen LogP contribution in [0.15, 0.2) is 18.2 Å². The van der Waals surface area contributed by atoms with E-state index in [0.717, 1.165) is 6.07 Å². The van der Waals surface area contributed by atoms with Crippen LogP contribution in [0.2, 0.25) is 5.02 Å². The van der Waals surface area contributed by atoms with Crippen LogP contribution in [-0.4, -0.2) is 0 Å². The summed E-state index contributed by atoms with van der Waals surface area (Å²) < 4.78 is 37.4. The van der Waals surface area contributed by atoms with E-state index in [1.807, 2.05) is 0 Å². The highest BCUT2D eigenvalue weighted by Gasteiger charge is 2.34. The molecule has 1 atom stereocenters. The molecular formula is C10H11ClF3N. The molecule has 0 amide bonds. The normalized spacial score (nSPS) is 14.0. The summed E-state index contributed by atoms with van der Waals surface area (Å²) in [7, 11) is 0. The zero-order valence-corrected chi connectivity index (χ0v) is 8.86. The van der Waals surface area contributed by atoms with Gasteiger partial charge in [0.2, 0.25) is 0 Å². The molecule has 2 N–H and O–H groups in total. The number of hydrogen-bond donors (Lipinski definition) is 1. The highest BCUT2D eigenvalue weighted by molar-refractivity contribution is 6.32. The van der Waals surface area contributed by atoms with Gasteiger partial charge in [-0.1, -0.05) is 30.7 Å². The van der Waals surface area contributed by atoms with E-state index in [2.05, 4.69) is 0 Å². The van der Waals surface area contributed by atoms with Crippen LogP contribution in [0, 0.1) is 0 Å². The van der Waals surface area contributed by atoms with E-state index in [0.29, 0.717) is 12.0 Å². The Morgan fingerprint density at radius 1 is 1.40 bits per heavy atom. The lowest BCUT2D eigenvalue weighted by atomic mass is 10.0. The molecule has 1 aromatic carbocycles. The lowest BCUT2D eigenvalue weighted by molar-refractivity contribution is -0.137. The number of halogens is 4. The van der Waals surface area contributed by atoms with Gasteiger partial charge in [0, 0.05) is 6.04 Å². The lowest BCUT2D eigenvalue weighted by Crippen LogP contribution is -2.13. The fourth-order valence-electron chi connectivity index (χ4n) is 1.28. The van der Waals surface area contributed by atoms with Gasteiger partial charge in [0.05, 0.1) is 10.6 Å². The summed E-state index contributed by atoms with van der Waals surface area (Å²) in [6, 6.07) is 3.33. The first-order chi connectivity index (χ1) is 6.88. The van der Waals surface area contributed by atoms with Gasteiger partial charge >= 0.3 is 6.18 Å². The maximum atomic E-state index is 12.5. The van der Waals surface area contributed by atoms with Crippen LogP contribution in [0.5, 0.6) is 0 Å². The third-order valence-corrected chi connectivity index (χ3v) is 2.60. The van der Waals surface area contributed by atoms with Gasteiger partial charge in [-0.3, -0.25) is 0 Å². The predicted octanol–water partition coefficient (Wildman–Crippen LogP) is 3.77. The van der Waals surface area contributed by atoms with E-state index in [9.17, 15) is 13.2 Å². The number of rotatable bonds is 2. The molecule has 1 aromatic rings. The van der Waals surface area contributed by atoms with Crippen LogP contribution in [0.25, 0.3) is 0 Å².